The first-order valence-electron chi connectivity index (χ1n) is 8.56. The summed E-state index contributed by atoms with van der Waals surface area (Å²) in [5, 5.41) is 0. The molecule has 5 heteroatoms. The van der Waals surface area contributed by atoms with E-state index in [9.17, 15) is 4.79 Å². The van der Waals surface area contributed by atoms with Crippen LogP contribution in [0.4, 0.5) is 0 Å². The fourth-order valence-electron chi connectivity index (χ4n) is 3.83. The van der Waals surface area contributed by atoms with Crippen LogP contribution in [0.5, 0.6) is 0 Å². The van der Waals surface area contributed by atoms with Crippen LogP contribution in [0, 0.1) is 11.8 Å². The molecule has 0 bridgehead atoms. The van der Waals surface area contributed by atoms with Gasteiger partial charge in [-0.2, -0.15) is 0 Å². The van der Waals surface area contributed by atoms with Gasteiger partial charge >= 0.3 is 0 Å². The maximum absolute atomic E-state index is 12.9. The maximum atomic E-state index is 12.9. The van der Waals surface area contributed by atoms with Crippen LogP contribution in [-0.4, -0.2) is 46.6 Å². The van der Waals surface area contributed by atoms with Gasteiger partial charge in [0.05, 0.1) is 12.0 Å². The minimum absolute atomic E-state index is 0.0499. The van der Waals surface area contributed by atoms with Crippen LogP contribution in [0.15, 0.2) is 12.4 Å². The summed E-state index contributed by atoms with van der Waals surface area (Å²) in [7, 11) is 0. The summed E-state index contributed by atoms with van der Waals surface area (Å²) in [5.41, 5.74) is 0. The van der Waals surface area contributed by atoms with E-state index in [0.29, 0.717) is 17.7 Å². The molecule has 2 atom stereocenters. The second-order valence-corrected chi connectivity index (χ2v) is 6.90. The fourth-order valence-corrected chi connectivity index (χ4v) is 3.83. The molecule has 3 rings (SSSR count). The summed E-state index contributed by atoms with van der Waals surface area (Å²) in [5.74, 6) is 2.27. The number of ether oxygens (including phenoxy) is 1. The standard InChI is InChI=1S/C17H27N3O2/c1-12(2)15-14(4-3-11-22-15)17(21)20-9-5-13(6-10-20)16-18-7-8-19-16/h7-8,12-15H,3-6,9-11H2,1-2H3,(H,18,19). The van der Waals surface area contributed by atoms with E-state index < -0.39 is 0 Å². The van der Waals surface area contributed by atoms with Crippen LogP contribution in [0.1, 0.15) is 51.3 Å². The molecule has 2 saturated heterocycles. The second-order valence-electron chi connectivity index (χ2n) is 6.90. The van der Waals surface area contributed by atoms with Crippen molar-refractivity contribution in [2.24, 2.45) is 11.8 Å². The Morgan fingerprint density at radius 2 is 2.14 bits per heavy atom. The summed E-state index contributed by atoms with van der Waals surface area (Å²) >= 11 is 0. The van der Waals surface area contributed by atoms with Crippen LogP contribution in [0.2, 0.25) is 0 Å². The highest BCUT2D eigenvalue weighted by atomic mass is 16.5. The molecule has 3 heterocycles. The number of carbonyl (C=O) groups is 1. The molecule has 2 fully saturated rings. The van der Waals surface area contributed by atoms with Gasteiger partial charge in [-0.05, 0) is 31.6 Å². The Hall–Kier alpha value is -1.36. The lowest BCUT2D eigenvalue weighted by Gasteiger charge is -2.39. The first-order valence-corrected chi connectivity index (χ1v) is 8.56. The predicted octanol–water partition coefficient (Wildman–Crippen LogP) is 2.57. The number of imidazole rings is 1. The van der Waals surface area contributed by atoms with Crippen molar-refractivity contribution in [3.8, 4) is 0 Å². The molecular formula is C17H27N3O2. The van der Waals surface area contributed by atoms with E-state index in [1.54, 1.807) is 6.20 Å². The van der Waals surface area contributed by atoms with Crippen LogP contribution < -0.4 is 0 Å². The van der Waals surface area contributed by atoms with E-state index in [1.807, 2.05) is 11.1 Å². The first-order chi connectivity index (χ1) is 10.7. The van der Waals surface area contributed by atoms with E-state index in [0.717, 1.165) is 51.2 Å². The number of likely N-dealkylation sites (tertiary alicyclic amines) is 1. The molecule has 2 aliphatic heterocycles. The molecular weight excluding hydrogens is 278 g/mol. The number of H-pyrrole nitrogens is 1. The fraction of sp³-hybridized carbons (Fsp3) is 0.765. The highest BCUT2D eigenvalue weighted by Crippen LogP contribution is 2.31. The van der Waals surface area contributed by atoms with Gasteiger partial charge in [-0.1, -0.05) is 13.8 Å². The number of piperidine rings is 1. The lowest BCUT2D eigenvalue weighted by atomic mass is 9.85. The molecule has 0 spiro atoms. The molecule has 1 aromatic heterocycles. The Bertz CT molecular complexity index is 478. The zero-order valence-electron chi connectivity index (χ0n) is 13.6. The largest absolute Gasteiger partial charge is 0.377 e. The van der Waals surface area contributed by atoms with E-state index in [1.165, 1.54) is 0 Å². The van der Waals surface area contributed by atoms with Crippen LogP contribution >= 0.6 is 0 Å². The van der Waals surface area contributed by atoms with Gasteiger partial charge < -0.3 is 14.6 Å². The van der Waals surface area contributed by atoms with Gasteiger partial charge in [0, 0.05) is 38.0 Å². The molecule has 2 unspecified atom stereocenters. The number of rotatable bonds is 3. The lowest BCUT2D eigenvalue weighted by molar-refractivity contribution is -0.148. The third-order valence-corrected chi connectivity index (χ3v) is 5.05. The number of amides is 1. The predicted molar refractivity (Wildman–Crippen MR) is 84.4 cm³/mol. The minimum atomic E-state index is 0.0499. The molecule has 0 aromatic carbocycles. The normalized spacial score (nSPS) is 27.3. The monoisotopic (exact) mass is 305 g/mol. The van der Waals surface area contributed by atoms with Crippen LogP contribution in [0.3, 0.4) is 0 Å². The lowest BCUT2D eigenvalue weighted by Crippen LogP contribution is -2.48. The van der Waals surface area contributed by atoms with E-state index in [4.69, 9.17) is 4.74 Å². The molecule has 1 N–H and O–H groups in total. The topological polar surface area (TPSA) is 58.2 Å². The maximum Gasteiger partial charge on any atom is 0.228 e. The molecule has 0 aliphatic carbocycles. The smallest absolute Gasteiger partial charge is 0.228 e. The molecule has 0 saturated carbocycles. The van der Waals surface area contributed by atoms with Gasteiger partial charge in [0.1, 0.15) is 5.82 Å². The zero-order chi connectivity index (χ0) is 15.5. The Balaban J connectivity index is 1.59. The highest BCUT2D eigenvalue weighted by molar-refractivity contribution is 5.79. The third-order valence-electron chi connectivity index (χ3n) is 5.05. The van der Waals surface area contributed by atoms with Crippen LogP contribution in [0.25, 0.3) is 0 Å². The number of aromatic amines is 1. The van der Waals surface area contributed by atoms with Gasteiger partial charge in [-0.15, -0.1) is 0 Å². The summed E-state index contributed by atoms with van der Waals surface area (Å²) < 4.78 is 5.88. The van der Waals surface area contributed by atoms with Crippen LogP contribution in [-0.2, 0) is 9.53 Å². The van der Waals surface area contributed by atoms with Crippen molar-refractivity contribution in [1.82, 2.24) is 14.9 Å². The van der Waals surface area contributed by atoms with E-state index >= 15 is 0 Å². The molecule has 2 aliphatic rings. The minimum Gasteiger partial charge on any atom is -0.377 e. The molecule has 1 amide bonds. The highest BCUT2D eigenvalue weighted by Gasteiger charge is 2.37. The van der Waals surface area contributed by atoms with Gasteiger partial charge in [-0.3, -0.25) is 4.79 Å². The number of carbonyl (C=O) groups excluding carboxylic acids is 1. The molecule has 22 heavy (non-hydrogen) atoms. The van der Waals surface area contributed by atoms with E-state index in [-0.39, 0.29) is 12.0 Å². The summed E-state index contributed by atoms with van der Waals surface area (Å²) in [6.07, 6.45) is 7.74. The Morgan fingerprint density at radius 3 is 2.77 bits per heavy atom. The second kappa shape index (κ2) is 6.82. The van der Waals surface area contributed by atoms with Crippen molar-refractivity contribution in [2.45, 2.75) is 51.6 Å². The number of nitrogens with zero attached hydrogens (tertiary/aromatic N) is 2. The van der Waals surface area contributed by atoms with E-state index in [2.05, 4.69) is 23.8 Å². The van der Waals surface area contributed by atoms with Gasteiger partial charge in [-0.25, -0.2) is 4.98 Å². The molecule has 122 valence electrons. The summed E-state index contributed by atoms with van der Waals surface area (Å²) in [6, 6.07) is 0. The average molecular weight is 305 g/mol. The van der Waals surface area contributed by atoms with Gasteiger partial charge in [0.25, 0.3) is 0 Å². The molecule has 5 nitrogen and oxygen atoms in total. The summed E-state index contributed by atoms with van der Waals surface area (Å²) in [4.78, 5) is 22.5. The number of nitrogens with one attached hydrogen (secondary N) is 1. The average Bonchev–Trinajstić information content (AvgIpc) is 3.09. The number of hydrogen-bond donors (Lipinski definition) is 1. The first kappa shape index (κ1) is 15.5. The SMILES string of the molecule is CC(C)C1OCCCC1C(=O)N1CCC(c2ncc[nH]2)CC1. The molecule has 1 aromatic rings. The Morgan fingerprint density at radius 1 is 1.36 bits per heavy atom. The summed E-state index contributed by atoms with van der Waals surface area (Å²) in [6.45, 7) is 6.78. The number of hydrogen-bond acceptors (Lipinski definition) is 3. The quantitative estimate of drug-likeness (QED) is 0.933. The van der Waals surface area contributed by atoms with Gasteiger partial charge in [0.2, 0.25) is 5.91 Å². The van der Waals surface area contributed by atoms with Crippen molar-refractivity contribution >= 4 is 5.91 Å². The van der Waals surface area contributed by atoms with Crippen molar-refractivity contribution in [2.75, 3.05) is 19.7 Å². The van der Waals surface area contributed by atoms with Crippen molar-refractivity contribution in [3.05, 3.63) is 18.2 Å². The van der Waals surface area contributed by atoms with Gasteiger partial charge in [0.15, 0.2) is 0 Å². The van der Waals surface area contributed by atoms with Crippen molar-refractivity contribution in [3.63, 3.8) is 0 Å². The third kappa shape index (κ3) is 3.19. The Kier molecular flexibility index (Phi) is 4.81. The van der Waals surface area contributed by atoms with Crippen molar-refractivity contribution in [1.29, 1.82) is 0 Å². The van der Waals surface area contributed by atoms with Crippen molar-refractivity contribution < 1.29 is 9.53 Å². The Labute approximate surface area is 132 Å². The zero-order valence-corrected chi connectivity index (χ0v) is 13.6. The number of aromatic nitrogens is 2. The molecule has 0 radical (unpaired) electrons.